The van der Waals surface area contributed by atoms with E-state index in [4.69, 9.17) is 11.5 Å². The Labute approximate surface area is 295 Å². The first kappa shape index (κ1) is 38.1. The lowest BCUT2D eigenvalue weighted by molar-refractivity contribution is -0.137. The number of benzene rings is 2. The summed E-state index contributed by atoms with van der Waals surface area (Å²) in [6, 6.07) is 9.96. The molecule has 0 amide bonds. The van der Waals surface area contributed by atoms with Crippen molar-refractivity contribution in [2.45, 2.75) is 89.9 Å². The van der Waals surface area contributed by atoms with E-state index < -0.39 is 29.9 Å². The van der Waals surface area contributed by atoms with E-state index in [-0.39, 0.29) is 23.4 Å². The number of nitrogens with one attached hydrogen (secondary N) is 1. The summed E-state index contributed by atoms with van der Waals surface area (Å²) in [5, 5.41) is 0.472. The van der Waals surface area contributed by atoms with E-state index in [9.17, 15) is 22.4 Å². The number of aromatic amines is 1. The summed E-state index contributed by atoms with van der Waals surface area (Å²) in [6.07, 6.45) is 3.49. The summed E-state index contributed by atoms with van der Waals surface area (Å²) in [4.78, 5) is 26.6. The van der Waals surface area contributed by atoms with E-state index in [1.807, 2.05) is 6.92 Å². The summed E-state index contributed by atoms with van der Waals surface area (Å²) in [5.41, 5.74) is 12.6. The van der Waals surface area contributed by atoms with Crippen molar-refractivity contribution >= 4 is 16.9 Å². The topological polar surface area (TPSA) is 118 Å². The summed E-state index contributed by atoms with van der Waals surface area (Å²) >= 11 is 0. The molecule has 13 heteroatoms. The van der Waals surface area contributed by atoms with Crippen LogP contribution in [0.2, 0.25) is 0 Å². The summed E-state index contributed by atoms with van der Waals surface area (Å²) in [7, 11) is 0. The molecule has 5 N–H and O–H groups in total. The van der Waals surface area contributed by atoms with Crippen LogP contribution in [0, 0.1) is 11.7 Å². The normalized spacial score (nSPS) is 15.2. The molecule has 1 aliphatic rings. The number of halogens is 5. The number of amidine groups is 1. The number of H-pyrrole nitrogens is 1. The smallest absolute Gasteiger partial charge is 0.388 e. The van der Waals surface area contributed by atoms with Gasteiger partial charge in [0.15, 0.2) is 0 Å². The van der Waals surface area contributed by atoms with Crippen molar-refractivity contribution < 1.29 is 22.0 Å². The molecule has 2 atom stereocenters. The second-order valence-electron chi connectivity index (χ2n) is 13.7. The first-order valence-electron chi connectivity index (χ1n) is 17.8. The largest absolute Gasteiger partial charge is 0.416 e. The van der Waals surface area contributed by atoms with Crippen LogP contribution in [0.3, 0.4) is 0 Å². The van der Waals surface area contributed by atoms with Gasteiger partial charge in [0.2, 0.25) is 0 Å². The summed E-state index contributed by atoms with van der Waals surface area (Å²) < 4.78 is 72.1. The minimum atomic E-state index is -4.54. The van der Waals surface area contributed by atoms with Crippen LogP contribution < -0.4 is 17.2 Å². The van der Waals surface area contributed by atoms with Gasteiger partial charge in [-0.05, 0) is 112 Å². The van der Waals surface area contributed by atoms with Gasteiger partial charge in [-0.3, -0.25) is 18.8 Å². The van der Waals surface area contributed by atoms with E-state index in [0.717, 1.165) is 31.7 Å². The molecule has 51 heavy (non-hydrogen) atoms. The van der Waals surface area contributed by atoms with Gasteiger partial charge in [0.05, 0.1) is 23.8 Å². The molecule has 8 nitrogen and oxygen atoms in total. The van der Waals surface area contributed by atoms with E-state index in [0.29, 0.717) is 91.3 Å². The zero-order chi connectivity index (χ0) is 36.7. The van der Waals surface area contributed by atoms with Gasteiger partial charge in [0.25, 0.3) is 0 Å². The van der Waals surface area contributed by atoms with Crippen molar-refractivity contribution in [2.75, 3.05) is 26.3 Å². The van der Waals surface area contributed by atoms with E-state index >= 15 is 4.39 Å². The number of nitrogens with zero attached hydrogens (tertiary/aromatic N) is 4. The summed E-state index contributed by atoms with van der Waals surface area (Å²) in [6.45, 7) is 4.78. The van der Waals surface area contributed by atoms with Gasteiger partial charge in [-0.15, -0.1) is 0 Å². The SMILES string of the molecule is CCCC(c1ccc(-n2cc3cc(-c4cc(CCCC(N)C5CC5)cc(C(F)(F)F)c4)[nH]c3nc2=O)cc1F)N(CCCF)CCCN=C(C)N. The predicted molar refractivity (Wildman–Crippen MR) is 192 cm³/mol. The Balaban J connectivity index is 1.42. The number of hydrogen-bond donors (Lipinski definition) is 3. The maximum Gasteiger partial charge on any atom is 0.416 e. The van der Waals surface area contributed by atoms with Crippen LogP contribution in [-0.2, 0) is 12.6 Å². The van der Waals surface area contributed by atoms with Crippen molar-refractivity contribution in [2.24, 2.45) is 22.4 Å². The monoisotopic (exact) mass is 713 g/mol. The number of aromatic nitrogens is 3. The fourth-order valence-electron chi connectivity index (χ4n) is 6.75. The molecule has 276 valence electrons. The Hall–Kier alpha value is -4.10. The van der Waals surface area contributed by atoms with Gasteiger partial charge in [0, 0.05) is 54.6 Å². The number of fused-ring (bicyclic) bond motifs is 1. The predicted octanol–water partition coefficient (Wildman–Crippen LogP) is 7.87. The van der Waals surface area contributed by atoms with Crippen LogP contribution in [0.25, 0.3) is 28.0 Å². The third-order valence-electron chi connectivity index (χ3n) is 9.54. The van der Waals surface area contributed by atoms with Crippen molar-refractivity contribution in [1.29, 1.82) is 0 Å². The average molecular weight is 714 g/mol. The third-order valence-corrected chi connectivity index (χ3v) is 9.54. The maximum atomic E-state index is 15.9. The number of aryl methyl sites for hydroxylation is 1. The van der Waals surface area contributed by atoms with Gasteiger partial charge in [0.1, 0.15) is 11.5 Å². The molecule has 0 bridgehead atoms. The third kappa shape index (κ3) is 10.0. The van der Waals surface area contributed by atoms with Gasteiger partial charge >= 0.3 is 11.9 Å². The summed E-state index contributed by atoms with van der Waals surface area (Å²) in [5.74, 6) is 0.493. The number of rotatable bonds is 18. The van der Waals surface area contributed by atoms with E-state index in [2.05, 4.69) is 19.9 Å². The Morgan fingerprint density at radius 3 is 2.53 bits per heavy atom. The molecule has 0 saturated heterocycles. The number of alkyl halides is 4. The molecule has 1 saturated carbocycles. The Bertz CT molecular complexity index is 1860. The van der Waals surface area contributed by atoms with Crippen LogP contribution in [0.1, 0.15) is 87.9 Å². The molecule has 2 heterocycles. The maximum absolute atomic E-state index is 15.9. The number of aliphatic imine (C=N–C) groups is 1. The van der Waals surface area contributed by atoms with Crippen LogP contribution >= 0.6 is 0 Å². The number of nitrogens with two attached hydrogens (primary N) is 2. The first-order valence-corrected chi connectivity index (χ1v) is 17.8. The van der Waals surface area contributed by atoms with Gasteiger partial charge in [-0.25, -0.2) is 9.18 Å². The molecule has 0 spiro atoms. The standard InChI is InChI=1S/C38H48F5N7O/c1-3-7-35(49(16-5-14-39)17-6-15-46-24(2)44)31-13-12-30(22-32(31)40)50-23-28-21-34(47-36(28)48-37(50)51)27-18-25(19-29(20-27)38(41,42)43)8-4-9-33(45)26-10-11-26/h12-13,18-23,26,33,35H,3-11,14-17,45H2,1-2H3,(H2,44,46)(H,47,48,51). The molecular weight excluding hydrogens is 665 g/mol. The van der Waals surface area contributed by atoms with E-state index in [1.54, 1.807) is 31.2 Å². The molecular formula is C38H48F5N7O. The van der Waals surface area contributed by atoms with Crippen LogP contribution in [0.15, 0.2) is 58.4 Å². The molecule has 1 fully saturated rings. The van der Waals surface area contributed by atoms with Crippen LogP contribution in [-0.4, -0.2) is 57.6 Å². The van der Waals surface area contributed by atoms with Crippen molar-refractivity contribution in [3.05, 3.63) is 81.7 Å². The minimum absolute atomic E-state index is 0.0733. The van der Waals surface area contributed by atoms with Crippen molar-refractivity contribution in [3.8, 4) is 16.9 Å². The second-order valence-corrected chi connectivity index (χ2v) is 13.7. The Morgan fingerprint density at radius 1 is 1.10 bits per heavy atom. The highest BCUT2D eigenvalue weighted by Crippen LogP contribution is 2.36. The zero-order valence-electron chi connectivity index (χ0n) is 29.3. The van der Waals surface area contributed by atoms with Gasteiger partial charge in [-0.1, -0.05) is 19.4 Å². The first-order chi connectivity index (χ1) is 24.4. The lowest BCUT2D eigenvalue weighted by Gasteiger charge is -2.32. The second kappa shape index (κ2) is 16.9. The van der Waals surface area contributed by atoms with Crippen LogP contribution in [0.4, 0.5) is 22.0 Å². The minimum Gasteiger partial charge on any atom is -0.388 e. The lowest BCUT2D eigenvalue weighted by atomic mass is 9.98. The molecule has 4 aromatic rings. The molecule has 1 aliphatic carbocycles. The fourth-order valence-corrected chi connectivity index (χ4v) is 6.75. The average Bonchev–Trinajstić information content (AvgIpc) is 3.86. The molecule has 5 rings (SSSR count). The molecule has 0 radical (unpaired) electrons. The highest BCUT2D eigenvalue weighted by molar-refractivity contribution is 5.83. The Kier molecular flexibility index (Phi) is 12.7. The lowest BCUT2D eigenvalue weighted by Crippen LogP contribution is -2.32. The van der Waals surface area contributed by atoms with Crippen LogP contribution in [0.5, 0.6) is 0 Å². The van der Waals surface area contributed by atoms with Crippen molar-refractivity contribution in [3.63, 3.8) is 0 Å². The fraction of sp³-hybridized carbons (Fsp3) is 0.500. The highest BCUT2D eigenvalue weighted by atomic mass is 19.4. The van der Waals surface area contributed by atoms with Gasteiger partial charge < -0.3 is 16.5 Å². The molecule has 0 aliphatic heterocycles. The molecule has 2 unspecified atom stereocenters. The highest BCUT2D eigenvalue weighted by Gasteiger charge is 2.32. The number of hydrogen-bond acceptors (Lipinski definition) is 5. The van der Waals surface area contributed by atoms with E-state index in [1.165, 1.54) is 22.9 Å². The quantitative estimate of drug-likeness (QED) is 0.0420. The zero-order valence-corrected chi connectivity index (χ0v) is 29.3. The van der Waals surface area contributed by atoms with Crippen molar-refractivity contribution in [1.82, 2.24) is 19.4 Å². The molecule has 2 aromatic heterocycles. The van der Waals surface area contributed by atoms with Gasteiger partial charge in [-0.2, -0.15) is 18.2 Å². The molecule has 2 aromatic carbocycles. The Morgan fingerprint density at radius 2 is 1.86 bits per heavy atom.